The minimum absolute atomic E-state index is 0.232. The van der Waals surface area contributed by atoms with Gasteiger partial charge in [-0.3, -0.25) is 0 Å². The van der Waals surface area contributed by atoms with Gasteiger partial charge in [0.1, 0.15) is 18.1 Å². The van der Waals surface area contributed by atoms with E-state index in [4.69, 9.17) is 23.7 Å². The van der Waals surface area contributed by atoms with Crippen molar-refractivity contribution in [1.29, 1.82) is 0 Å². The highest BCUT2D eigenvalue weighted by atomic mass is 32.2. The zero-order chi connectivity index (χ0) is 31.6. The van der Waals surface area contributed by atoms with Gasteiger partial charge in [0.2, 0.25) is 0 Å². The van der Waals surface area contributed by atoms with Crippen molar-refractivity contribution in [1.82, 2.24) is 0 Å². The van der Waals surface area contributed by atoms with E-state index >= 15 is 0 Å². The average Bonchev–Trinajstić information content (AvgIpc) is 3.10. The number of thioether (sulfide) groups is 1. The lowest BCUT2D eigenvalue weighted by Crippen LogP contribution is -2.61. The van der Waals surface area contributed by atoms with Gasteiger partial charge >= 0.3 is 23.9 Å². The first-order valence-electron chi connectivity index (χ1n) is 14.1. The molecule has 9 nitrogen and oxygen atoms in total. The van der Waals surface area contributed by atoms with Crippen LogP contribution in [0.4, 0.5) is 0 Å². The average molecular weight is 627 g/mol. The van der Waals surface area contributed by atoms with Crippen molar-refractivity contribution < 1.29 is 42.9 Å². The third-order valence-corrected chi connectivity index (χ3v) is 7.81. The minimum atomic E-state index is -1.34. The normalized spacial score (nSPS) is 20.8. The van der Waals surface area contributed by atoms with Crippen LogP contribution in [0, 0.1) is 0 Å². The van der Waals surface area contributed by atoms with Gasteiger partial charge in [0.15, 0.2) is 18.3 Å². The number of esters is 4. The van der Waals surface area contributed by atoms with Gasteiger partial charge in [-0.05, 0) is 54.8 Å². The number of ether oxygens (including phenoxy) is 5. The van der Waals surface area contributed by atoms with Gasteiger partial charge in [0, 0.05) is 0 Å². The van der Waals surface area contributed by atoms with Crippen LogP contribution < -0.4 is 0 Å². The molecule has 0 bridgehead atoms. The smallest absolute Gasteiger partial charge is 0.338 e. The maximum atomic E-state index is 13.4. The van der Waals surface area contributed by atoms with E-state index in [1.165, 1.54) is 11.8 Å². The molecule has 0 aliphatic carbocycles. The zero-order valence-corrected chi connectivity index (χ0v) is 25.0. The predicted molar refractivity (Wildman–Crippen MR) is 166 cm³/mol. The van der Waals surface area contributed by atoms with E-state index in [-0.39, 0.29) is 23.3 Å². The number of hydrogen-bond donors (Lipinski definition) is 0. The first-order valence-corrected chi connectivity index (χ1v) is 15.4. The molecule has 0 radical (unpaired) electrons. The summed E-state index contributed by atoms with van der Waals surface area (Å²) < 4.78 is 29.8. The van der Waals surface area contributed by atoms with Gasteiger partial charge in [-0.1, -0.05) is 72.8 Å². The second kappa shape index (κ2) is 15.2. The monoisotopic (exact) mass is 626 g/mol. The molecule has 1 heterocycles. The van der Waals surface area contributed by atoms with E-state index in [1.807, 2.05) is 0 Å². The lowest BCUT2D eigenvalue weighted by Gasteiger charge is -2.44. The Balaban J connectivity index is 1.50. The molecule has 5 rings (SSSR count). The fraction of sp³-hybridized carbons (Fsp3) is 0.200. The van der Waals surface area contributed by atoms with E-state index < -0.39 is 53.7 Å². The third-order valence-electron chi connectivity index (χ3n) is 6.97. The summed E-state index contributed by atoms with van der Waals surface area (Å²) in [6, 6.07) is 33.2. The molecule has 1 fully saturated rings. The summed E-state index contributed by atoms with van der Waals surface area (Å²) >= 11 is 1.20. The number of carbonyl (C=O) groups is 4. The van der Waals surface area contributed by atoms with Gasteiger partial charge in [-0.15, -0.1) is 11.8 Å². The molecular weight excluding hydrogens is 596 g/mol. The SMILES string of the molecule is CSC1O[C@H](COC(=O)c2ccccc2)[C@@H](OC(=O)c2ccccc2)[C@H](OC(=O)c2ccccc2)[C@H]1OC(=O)c1ccccc1. The molecule has 0 amide bonds. The molecule has 0 saturated carbocycles. The Hall–Kier alpha value is -4.93. The topological polar surface area (TPSA) is 114 Å². The van der Waals surface area contributed by atoms with Crippen molar-refractivity contribution in [2.24, 2.45) is 0 Å². The summed E-state index contributed by atoms with van der Waals surface area (Å²) in [5.74, 6) is -2.78. The summed E-state index contributed by atoms with van der Waals surface area (Å²) in [6.07, 6.45) is -3.26. The molecule has 1 aliphatic rings. The highest BCUT2D eigenvalue weighted by Gasteiger charge is 2.53. The van der Waals surface area contributed by atoms with Crippen LogP contribution in [-0.2, 0) is 23.7 Å². The maximum Gasteiger partial charge on any atom is 0.338 e. The molecule has 1 saturated heterocycles. The molecule has 1 aliphatic heterocycles. The lowest BCUT2D eigenvalue weighted by atomic mass is 9.98. The number of carbonyl (C=O) groups excluding carboxylic acids is 4. The summed E-state index contributed by atoms with van der Waals surface area (Å²) in [5, 5.41) is 0. The summed E-state index contributed by atoms with van der Waals surface area (Å²) in [6.45, 7) is -0.351. The van der Waals surface area contributed by atoms with E-state index in [9.17, 15) is 19.2 Å². The van der Waals surface area contributed by atoms with Crippen molar-refractivity contribution in [3.05, 3.63) is 144 Å². The Labute approximate surface area is 264 Å². The van der Waals surface area contributed by atoms with E-state index in [0.29, 0.717) is 5.56 Å². The van der Waals surface area contributed by atoms with Gasteiger partial charge < -0.3 is 23.7 Å². The molecule has 45 heavy (non-hydrogen) atoms. The second-order valence-electron chi connectivity index (χ2n) is 9.95. The van der Waals surface area contributed by atoms with E-state index in [2.05, 4.69) is 0 Å². The van der Waals surface area contributed by atoms with Crippen LogP contribution in [0.15, 0.2) is 121 Å². The highest BCUT2D eigenvalue weighted by molar-refractivity contribution is 7.99. The molecule has 0 aromatic heterocycles. The van der Waals surface area contributed by atoms with Crippen LogP contribution in [0.5, 0.6) is 0 Å². The lowest BCUT2D eigenvalue weighted by molar-refractivity contribution is -0.207. The van der Waals surface area contributed by atoms with Crippen molar-refractivity contribution in [2.75, 3.05) is 12.9 Å². The fourth-order valence-corrected chi connectivity index (χ4v) is 5.45. The van der Waals surface area contributed by atoms with Crippen LogP contribution >= 0.6 is 11.8 Å². The Morgan fingerprint density at radius 3 is 1.29 bits per heavy atom. The van der Waals surface area contributed by atoms with Gasteiger partial charge in [0.25, 0.3) is 0 Å². The molecule has 4 aromatic rings. The quantitative estimate of drug-likeness (QED) is 0.163. The van der Waals surface area contributed by atoms with Gasteiger partial charge in [-0.25, -0.2) is 19.2 Å². The number of rotatable bonds is 10. The first-order chi connectivity index (χ1) is 21.9. The van der Waals surface area contributed by atoms with Gasteiger partial charge in [0.05, 0.1) is 22.3 Å². The van der Waals surface area contributed by atoms with E-state index in [0.717, 1.165) is 0 Å². The van der Waals surface area contributed by atoms with Crippen molar-refractivity contribution in [3.8, 4) is 0 Å². The van der Waals surface area contributed by atoms with Crippen molar-refractivity contribution >= 4 is 35.6 Å². The third kappa shape index (κ3) is 7.97. The fourth-order valence-electron chi connectivity index (χ4n) is 4.72. The molecule has 10 heteroatoms. The van der Waals surface area contributed by atoms with Crippen LogP contribution in [-0.4, -0.2) is 66.6 Å². The second-order valence-corrected chi connectivity index (χ2v) is 10.9. The molecule has 1 unspecified atom stereocenters. The molecule has 0 spiro atoms. The van der Waals surface area contributed by atoms with Crippen LogP contribution in [0.2, 0.25) is 0 Å². The Kier molecular flexibility index (Phi) is 10.6. The summed E-state index contributed by atoms with van der Waals surface area (Å²) in [4.78, 5) is 52.9. The highest BCUT2D eigenvalue weighted by Crippen LogP contribution is 2.34. The first kappa shape index (κ1) is 31.5. The number of benzene rings is 4. The molecule has 0 N–H and O–H groups in total. The largest absolute Gasteiger partial charge is 0.459 e. The molecular formula is C35H30O9S. The Morgan fingerprint density at radius 1 is 0.533 bits per heavy atom. The van der Waals surface area contributed by atoms with Crippen LogP contribution in [0.25, 0.3) is 0 Å². The summed E-state index contributed by atoms with van der Waals surface area (Å²) in [5.41, 5.74) is 0.156. The van der Waals surface area contributed by atoms with Gasteiger partial charge in [-0.2, -0.15) is 0 Å². The summed E-state index contributed by atoms with van der Waals surface area (Å²) in [7, 11) is 0. The standard InChI is InChI=1S/C35H30O9S/c1-45-35-30(44-34(39)26-20-12-5-13-21-26)29(43-33(38)25-18-10-4-11-19-25)28(42-32(37)24-16-8-3-9-17-24)27(41-35)22-40-31(36)23-14-6-2-7-15-23/h2-21,27-30,35H,22H2,1H3/t27-,28-,29+,30-,35?/m1/s1. The minimum Gasteiger partial charge on any atom is -0.459 e. The maximum absolute atomic E-state index is 13.4. The molecule has 5 atom stereocenters. The predicted octanol–water partition coefficient (Wildman–Crippen LogP) is 5.61. The molecule has 4 aromatic carbocycles. The zero-order valence-electron chi connectivity index (χ0n) is 24.2. The van der Waals surface area contributed by atoms with Crippen molar-refractivity contribution in [3.63, 3.8) is 0 Å². The number of hydrogen-bond acceptors (Lipinski definition) is 10. The van der Waals surface area contributed by atoms with Crippen LogP contribution in [0.3, 0.4) is 0 Å². The molecule has 230 valence electrons. The Morgan fingerprint density at radius 2 is 0.889 bits per heavy atom. The van der Waals surface area contributed by atoms with E-state index in [1.54, 1.807) is 128 Å². The van der Waals surface area contributed by atoms with Crippen molar-refractivity contribution in [2.45, 2.75) is 29.9 Å². The van der Waals surface area contributed by atoms with Crippen LogP contribution in [0.1, 0.15) is 41.4 Å². The Bertz CT molecular complexity index is 1580.